The van der Waals surface area contributed by atoms with Crippen molar-refractivity contribution in [1.29, 1.82) is 0 Å². The Hall–Kier alpha value is -1.76. The minimum Gasteiger partial charge on any atom is -0.354 e. The Morgan fingerprint density at radius 2 is 1.96 bits per heavy atom. The van der Waals surface area contributed by atoms with Crippen LogP contribution >= 0.6 is 11.3 Å². The van der Waals surface area contributed by atoms with Gasteiger partial charge in [0.05, 0.1) is 6.04 Å². The molecule has 26 heavy (non-hydrogen) atoms. The minimum absolute atomic E-state index is 0.0871. The molecule has 2 heterocycles. The van der Waals surface area contributed by atoms with Crippen LogP contribution in [0.3, 0.4) is 0 Å². The van der Waals surface area contributed by atoms with Crippen LogP contribution in [-0.4, -0.2) is 54.5 Å². The van der Waals surface area contributed by atoms with Crippen molar-refractivity contribution < 1.29 is 9.18 Å². The molecule has 1 saturated heterocycles. The van der Waals surface area contributed by atoms with Gasteiger partial charge in [0.25, 0.3) is 0 Å². The van der Waals surface area contributed by atoms with Crippen molar-refractivity contribution in [3.63, 3.8) is 0 Å². The van der Waals surface area contributed by atoms with Gasteiger partial charge >= 0.3 is 0 Å². The maximum Gasteiger partial charge on any atom is 0.237 e. The summed E-state index contributed by atoms with van der Waals surface area (Å²) in [4.78, 5) is 18.1. The number of nitrogens with one attached hydrogen (secondary N) is 1. The van der Waals surface area contributed by atoms with Crippen LogP contribution in [0.15, 0.2) is 41.8 Å². The fourth-order valence-corrected chi connectivity index (χ4v) is 3.96. The lowest BCUT2D eigenvalue weighted by Gasteiger charge is -2.37. The number of nitrogens with zero attached hydrogens (tertiary/aromatic N) is 2. The number of thiophene rings is 1. The Kier molecular flexibility index (Phi) is 6.77. The third kappa shape index (κ3) is 5.13. The number of rotatable bonds is 7. The van der Waals surface area contributed by atoms with Crippen molar-refractivity contribution in [2.45, 2.75) is 25.9 Å². The van der Waals surface area contributed by atoms with Gasteiger partial charge in [-0.2, -0.15) is 0 Å². The van der Waals surface area contributed by atoms with E-state index >= 15 is 0 Å². The summed E-state index contributed by atoms with van der Waals surface area (Å²) in [5.41, 5.74) is 0.736. The summed E-state index contributed by atoms with van der Waals surface area (Å²) in [6, 6.07) is 10.9. The molecule has 1 amide bonds. The number of hydrogen-bond acceptors (Lipinski definition) is 4. The van der Waals surface area contributed by atoms with Gasteiger partial charge in [0.1, 0.15) is 5.82 Å². The highest BCUT2D eigenvalue weighted by Crippen LogP contribution is 2.13. The van der Waals surface area contributed by atoms with Gasteiger partial charge in [0.2, 0.25) is 5.91 Å². The molecular formula is C20H26FN3OS. The van der Waals surface area contributed by atoms with Crippen LogP contribution in [-0.2, 0) is 17.8 Å². The highest BCUT2D eigenvalue weighted by atomic mass is 32.1. The highest BCUT2D eigenvalue weighted by molar-refractivity contribution is 7.09. The van der Waals surface area contributed by atoms with Crippen molar-refractivity contribution in [2.75, 3.05) is 32.7 Å². The minimum atomic E-state index is -0.145. The zero-order valence-corrected chi connectivity index (χ0v) is 16.0. The average molecular weight is 376 g/mol. The molecule has 1 atom stereocenters. The summed E-state index contributed by atoms with van der Waals surface area (Å²) in [5.74, 6) is -0.0578. The third-order valence-corrected chi connectivity index (χ3v) is 5.87. The first-order valence-corrected chi connectivity index (χ1v) is 10.0. The molecular weight excluding hydrogens is 349 g/mol. The molecule has 6 heteroatoms. The zero-order valence-electron chi connectivity index (χ0n) is 15.2. The molecule has 0 saturated carbocycles. The summed E-state index contributed by atoms with van der Waals surface area (Å²) in [6.45, 7) is 6.62. The second-order valence-corrected chi connectivity index (χ2v) is 7.73. The van der Waals surface area contributed by atoms with Gasteiger partial charge in [0.15, 0.2) is 0 Å². The molecule has 0 spiro atoms. The normalized spacial score (nSPS) is 17.2. The van der Waals surface area contributed by atoms with E-state index < -0.39 is 0 Å². The number of benzene rings is 1. The van der Waals surface area contributed by atoms with E-state index in [1.165, 1.54) is 10.9 Å². The van der Waals surface area contributed by atoms with E-state index in [1.54, 1.807) is 17.4 Å². The molecule has 0 unspecified atom stereocenters. The molecule has 1 aromatic carbocycles. The zero-order chi connectivity index (χ0) is 18.4. The van der Waals surface area contributed by atoms with E-state index in [9.17, 15) is 9.18 Å². The van der Waals surface area contributed by atoms with Gasteiger partial charge in [-0.25, -0.2) is 4.39 Å². The molecule has 1 aliphatic heterocycles. The van der Waals surface area contributed by atoms with E-state index in [2.05, 4.69) is 26.6 Å². The van der Waals surface area contributed by atoms with Crippen LogP contribution < -0.4 is 5.32 Å². The van der Waals surface area contributed by atoms with Crippen LogP contribution in [0.25, 0.3) is 0 Å². The molecule has 1 fully saturated rings. The SMILES string of the molecule is C[C@H](C(=O)NCCc1cccs1)N1CCN(Cc2ccccc2F)CC1. The monoisotopic (exact) mass is 375 g/mol. The lowest BCUT2D eigenvalue weighted by Crippen LogP contribution is -2.53. The standard InChI is InChI=1S/C20H26FN3OS/c1-16(20(25)22-9-8-18-6-4-14-26-18)24-12-10-23(11-13-24)15-17-5-2-3-7-19(17)21/h2-7,14,16H,8-13,15H2,1H3,(H,22,25)/t16-/m1/s1. The first-order chi connectivity index (χ1) is 12.6. The topological polar surface area (TPSA) is 35.6 Å². The highest BCUT2D eigenvalue weighted by Gasteiger charge is 2.25. The summed E-state index contributed by atoms with van der Waals surface area (Å²) in [7, 11) is 0. The number of piperazine rings is 1. The van der Waals surface area contributed by atoms with E-state index in [4.69, 9.17) is 0 Å². The van der Waals surface area contributed by atoms with Crippen LogP contribution in [0.1, 0.15) is 17.4 Å². The molecule has 1 N–H and O–H groups in total. The van der Waals surface area contributed by atoms with Gasteiger partial charge < -0.3 is 5.32 Å². The number of halogens is 1. The summed E-state index contributed by atoms with van der Waals surface area (Å²) < 4.78 is 13.8. The molecule has 4 nitrogen and oxygen atoms in total. The summed E-state index contributed by atoms with van der Waals surface area (Å²) in [5, 5.41) is 5.10. The molecule has 1 aromatic heterocycles. The molecule has 0 radical (unpaired) electrons. The lowest BCUT2D eigenvalue weighted by molar-refractivity contribution is -0.126. The van der Waals surface area contributed by atoms with Gasteiger partial charge in [-0.05, 0) is 30.9 Å². The van der Waals surface area contributed by atoms with E-state index in [0.717, 1.165) is 38.2 Å². The lowest BCUT2D eigenvalue weighted by atomic mass is 10.1. The van der Waals surface area contributed by atoms with Crippen molar-refractivity contribution >= 4 is 17.2 Å². The van der Waals surface area contributed by atoms with Crippen LogP contribution in [0.5, 0.6) is 0 Å². The van der Waals surface area contributed by atoms with E-state index in [-0.39, 0.29) is 17.8 Å². The molecule has 0 bridgehead atoms. The second-order valence-electron chi connectivity index (χ2n) is 6.70. The Morgan fingerprint density at radius 1 is 1.19 bits per heavy atom. The van der Waals surface area contributed by atoms with Gasteiger partial charge in [0, 0.05) is 49.7 Å². The number of carbonyl (C=O) groups excluding carboxylic acids is 1. The Labute approximate surface area is 158 Å². The second kappa shape index (κ2) is 9.26. The first kappa shape index (κ1) is 19.0. The van der Waals surface area contributed by atoms with Crippen LogP contribution in [0.4, 0.5) is 4.39 Å². The first-order valence-electron chi connectivity index (χ1n) is 9.13. The molecule has 0 aliphatic carbocycles. The predicted octanol–water partition coefficient (Wildman–Crippen LogP) is 2.75. The van der Waals surface area contributed by atoms with Gasteiger partial charge in [-0.3, -0.25) is 14.6 Å². The predicted molar refractivity (Wildman–Crippen MR) is 104 cm³/mol. The van der Waals surface area contributed by atoms with E-state index in [0.29, 0.717) is 13.1 Å². The summed E-state index contributed by atoms with van der Waals surface area (Å²) in [6.07, 6.45) is 0.881. The largest absolute Gasteiger partial charge is 0.354 e. The van der Waals surface area contributed by atoms with Crippen molar-refractivity contribution in [2.24, 2.45) is 0 Å². The molecule has 2 aromatic rings. The number of amides is 1. The molecule has 140 valence electrons. The fourth-order valence-electron chi connectivity index (χ4n) is 3.25. The molecule has 1 aliphatic rings. The average Bonchev–Trinajstić information content (AvgIpc) is 3.17. The van der Waals surface area contributed by atoms with Gasteiger partial charge in [-0.15, -0.1) is 11.3 Å². The Balaban J connectivity index is 1.40. The summed E-state index contributed by atoms with van der Waals surface area (Å²) >= 11 is 1.72. The quantitative estimate of drug-likeness (QED) is 0.808. The fraction of sp³-hybridized carbons (Fsp3) is 0.450. The maximum absolute atomic E-state index is 13.8. The third-order valence-electron chi connectivity index (χ3n) is 4.94. The number of carbonyl (C=O) groups is 1. The van der Waals surface area contributed by atoms with Crippen molar-refractivity contribution in [3.8, 4) is 0 Å². The van der Waals surface area contributed by atoms with Crippen molar-refractivity contribution in [3.05, 3.63) is 58.0 Å². The van der Waals surface area contributed by atoms with E-state index in [1.807, 2.05) is 25.1 Å². The van der Waals surface area contributed by atoms with Crippen LogP contribution in [0, 0.1) is 5.82 Å². The molecule has 3 rings (SSSR count). The van der Waals surface area contributed by atoms with Crippen molar-refractivity contribution in [1.82, 2.24) is 15.1 Å². The Bertz CT molecular complexity index is 699. The maximum atomic E-state index is 13.8. The van der Waals surface area contributed by atoms with Crippen LogP contribution in [0.2, 0.25) is 0 Å². The smallest absolute Gasteiger partial charge is 0.237 e. The van der Waals surface area contributed by atoms with Gasteiger partial charge in [-0.1, -0.05) is 24.3 Å². The number of hydrogen-bond donors (Lipinski definition) is 1. The Morgan fingerprint density at radius 3 is 2.65 bits per heavy atom.